The van der Waals surface area contributed by atoms with Crippen LogP contribution < -0.4 is 15.5 Å². The zero-order valence-corrected chi connectivity index (χ0v) is 18.0. The van der Waals surface area contributed by atoms with E-state index in [0.29, 0.717) is 43.6 Å². The topological polar surface area (TPSA) is 68.5 Å². The average Bonchev–Trinajstić information content (AvgIpc) is 2.76. The molecule has 156 valence electrons. The van der Waals surface area contributed by atoms with Crippen LogP contribution in [0.1, 0.15) is 5.56 Å². The van der Waals surface area contributed by atoms with Gasteiger partial charge in [-0.2, -0.15) is 0 Å². The molecule has 5 nitrogen and oxygen atoms in total. The van der Waals surface area contributed by atoms with Crippen molar-refractivity contribution in [3.05, 3.63) is 92.8 Å². The Balaban J connectivity index is 1.50. The number of ether oxygens (including phenoxy) is 1. The van der Waals surface area contributed by atoms with Gasteiger partial charge in [-0.3, -0.25) is 9.59 Å². The maximum atomic E-state index is 12.8. The average molecular weight is 454 g/mol. The summed E-state index contributed by atoms with van der Waals surface area (Å²) in [5, 5.41) is 4.34. The van der Waals surface area contributed by atoms with E-state index < -0.39 is 0 Å². The van der Waals surface area contributed by atoms with Crippen molar-refractivity contribution >= 4 is 45.8 Å². The Hall–Kier alpha value is -3.28. The minimum Gasteiger partial charge on any atom is -0.484 e. The van der Waals surface area contributed by atoms with Crippen molar-refractivity contribution in [1.29, 1.82) is 0 Å². The van der Waals surface area contributed by atoms with Gasteiger partial charge in [0.2, 0.25) is 0 Å². The second-order valence-corrected chi connectivity index (χ2v) is 7.74. The van der Waals surface area contributed by atoms with E-state index in [-0.39, 0.29) is 17.9 Å². The summed E-state index contributed by atoms with van der Waals surface area (Å²) in [5.41, 5.74) is 2.76. The van der Waals surface area contributed by atoms with Gasteiger partial charge in [-0.05, 0) is 54.4 Å². The third kappa shape index (κ3) is 4.58. The fourth-order valence-electron chi connectivity index (χ4n) is 3.11. The Morgan fingerprint density at radius 3 is 2.61 bits per heavy atom. The van der Waals surface area contributed by atoms with Gasteiger partial charge in [-0.25, -0.2) is 0 Å². The fraction of sp³-hybridized carbons (Fsp3) is 0.0833. The molecule has 0 aliphatic carbocycles. The molecule has 0 aliphatic heterocycles. The second-order valence-electron chi connectivity index (χ2n) is 6.89. The van der Waals surface area contributed by atoms with E-state index in [1.165, 1.54) is 6.26 Å². The quantitative estimate of drug-likeness (QED) is 0.396. The van der Waals surface area contributed by atoms with Gasteiger partial charge in [0.15, 0.2) is 12.0 Å². The van der Waals surface area contributed by atoms with Gasteiger partial charge in [0.1, 0.15) is 17.6 Å². The lowest BCUT2D eigenvalue weighted by Crippen LogP contribution is -2.20. The number of nitrogens with one attached hydrogen (secondary N) is 1. The van der Waals surface area contributed by atoms with Gasteiger partial charge in [0.25, 0.3) is 5.91 Å². The summed E-state index contributed by atoms with van der Waals surface area (Å²) in [4.78, 5) is 25.1. The van der Waals surface area contributed by atoms with Gasteiger partial charge < -0.3 is 14.5 Å². The molecular formula is C24H17Cl2NO4. The smallest absolute Gasteiger partial charge is 0.262 e. The van der Waals surface area contributed by atoms with Crippen molar-refractivity contribution in [2.45, 2.75) is 6.92 Å². The minimum atomic E-state index is -0.329. The molecule has 0 atom stereocenters. The first-order valence-corrected chi connectivity index (χ1v) is 10.2. The van der Waals surface area contributed by atoms with Crippen LogP contribution in [0.2, 0.25) is 10.0 Å². The van der Waals surface area contributed by atoms with Crippen molar-refractivity contribution in [2.24, 2.45) is 0 Å². The molecule has 3 aromatic carbocycles. The number of anilines is 1. The Kier molecular flexibility index (Phi) is 5.98. The van der Waals surface area contributed by atoms with Crippen molar-refractivity contribution in [3.63, 3.8) is 0 Å². The molecule has 0 saturated heterocycles. The number of rotatable bonds is 5. The zero-order valence-electron chi connectivity index (χ0n) is 16.4. The molecule has 1 aromatic heterocycles. The first-order chi connectivity index (χ1) is 14.9. The maximum Gasteiger partial charge on any atom is 0.262 e. The zero-order chi connectivity index (χ0) is 22.0. The Morgan fingerprint density at radius 1 is 1.06 bits per heavy atom. The molecule has 31 heavy (non-hydrogen) atoms. The van der Waals surface area contributed by atoms with E-state index >= 15 is 0 Å². The van der Waals surface area contributed by atoms with Crippen LogP contribution in [0.5, 0.6) is 5.75 Å². The molecule has 0 unspecified atom stereocenters. The summed E-state index contributed by atoms with van der Waals surface area (Å²) in [6.07, 6.45) is 1.41. The Labute approximate surface area is 188 Å². The van der Waals surface area contributed by atoms with E-state index in [0.717, 1.165) is 5.56 Å². The molecule has 7 heteroatoms. The van der Waals surface area contributed by atoms with E-state index in [9.17, 15) is 9.59 Å². The Morgan fingerprint density at radius 2 is 1.84 bits per heavy atom. The highest BCUT2D eigenvalue weighted by Crippen LogP contribution is 2.25. The monoisotopic (exact) mass is 453 g/mol. The maximum absolute atomic E-state index is 12.8. The number of hydrogen-bond donors (Lipinski definition) is 1. The molecule has 0 bridgehead atoms. The minimum absolute atomic E-state index is 0.163. The largest absolute Gasteiger partial charge is 0.484 e. The van der Waals surface area contributed by atoms with Crippen LogP contribution in [0.4, 0.5) is 5.69 Å². The van der Waals surface area contributed by atoms with E-state index in [2.05, 4.69) is 5.32 Å². The highest BCUT2D eigenvalue weighted by Gasteiger charge is 2.12. The lowest BCUT2D eigenvalue weighted by molar-refractivity contribution is -0.118. The molecule has 0 spiro atoms. The second kappa shape index (κ2) is 8.84. The van der Waals surface area contributed by atoms with E-state index in [4.69, 9.17) is 32.4 Å². The number of hydrogen-bond acceptors (Lipinski definition) is 4. The number of halogens is 2. The highest BCUT2D eigenvalue weighted by atomic mass is 35.5. The summed E-state index contributed by atoms with van der Waals surface area (Å²) >= 11 is 12.0. The number of carbonyl (C=O) groups is 1. The summed E-state index contributed by atoms with van der Waals surface area (Å²) < 4.78 is 11.2. The van der Waals surface area contributed by atoms with Gasteiger partial charge in [-0.1, -0.05) is 41.4 Å². The van der Waals surface area contributed by atoms with E-state index in [1.54, 1.807) is 60.7 Å². The van der Waals surface area contributed by atoms with Crippen molar-refractivity contribution in [1.82, 2.24) is 0 Å². The van der Waals surface area contributed by atoms with Crippen molar-refractivity contribution < 1.29 is 13.9 Å². The number of fused-ring (bicyclic) bond motifs is 1. The van der Waals surface area contributed by atoms with E-state index in [1.807, 2.05) is 6.92 Å². The highest BCUT2D eigenvalue weighted by molar-refractivity contribution is 6.31. The molecule has 4 aromatic rings. The predicted molar refractivity (Wildman–Crippen MR) is 123 cm³/mol. The molecular weight excluding hydrogens is 437 g/mol. The standard InChI is InChI=1S/C24H17Cl2NO4/c1-14-20(26)3-2-4-21(14)27-23(28)13-30-17-9-10-18-22(11-17)31-12-19(24(18)29)15-5-7-16(25)8-6-15/h2-12H,13H2,1H3,(H,27,28). The van der Waals surface area contributed by atoms with Crippen molar-refractivity contribution in [3.8, 4) is 16.9 Å². The van der Waals surface area contributed by atoms with Crippen LogP contribution in [0.15, 0.2) is 76.1 Å². The first-order valence-electron chi connectivity index (χ1n) is 9.41. The molecule has 1 N–H and O–H groups in total. The third-order valence-corrected chi connectivity index (χ3v) is 5.47. The number of amides is 1. The molecule has 1 heterocycles. The molecule has 0 saturated carbocycles. The summed E-state index contributed by atoms with van der Waals surface area (Å²) in [7, 11) is 0. The van der Waals surface area contributed by atoms with Crippen molar-refractivity contribution in [2.75, 3.05) is 11.9 Å². The summed E-state index contributed by atoms with van der Waals surface area (Å²) in [6.45, 7) is 1.62. The SMILES string of the molecule is Cc1c(Cl)cccc1NC(=O)COc1ccc2c(=O)c(-c3ccc(Cl)cc3)coc2c1. The molecule has 0 radical (unpaired) electrons. The Bertz CT molecular complexity index is 1330. The number of carbonyl (C=O) groups excluding carboxylic acids is 1. The van der Waals surface area contributed by atoms with Gasteiger partial charge >= 0.3 is 0 Å². The molecule has 0 fully saturated rings. The first kappa shape index (κ1) is 21.0. The molecule has 1 amide bonds. The summed E-state index contributed by atoms with van der Waals surface area (Å²) in [6, 6.07) is 17.1. The predicted octanol–water partition coefficient (Wildman–Crippen LogP) is 6.09. The van der Waals surface area contributed by atoms with Crippen LogP contribution >= 0.6 is 23.2 Å². The van der Waals surface area contributed by atoms with Crippen LogP contribution in [0, 0.1) is 6.92 Å². The van der Waals surface area contributed by atoms with Gasteiger partial charge in [0.05, 0.1) is 10.9 Å². The molecule has 0 aliphatic rings. The van der Waals surface area contributed by atoms with Crippen LogP contribution in [-0.4, -0.2) is 12.5 Å². The van der Waals surface area contributed by atoms with Crippen LogP contribution in [0.3, 0.4) is 0 Å². The van der Waals surface area contributed by atoms with Gasteiger partial charge in [-0.15, -0.1) is 0 Å². The third-order valence-electron chi connectivity index (χ3n) is 4.81. The lowest BCUT2D eigenvalue weighted by Gasteiger charge is -2.11. The normalized spacial score (nSPS) is 10.8. The van der Waals surface area contributed by atoms with Gasteiger partial charge in [0, 0.05) is 21.8 Å². The summed E-state index contributed by atoms with van der Waals surface area (Å²) in [5.74, 6) is 0.0814. The molecule has 4 rings (SSSR count). The number of benzene rings is 3. The van der Waals surface area contributed by atoms with Crippen LogP contribution in [-0.2, 0) is 4.79 Å². The lowest BCUT2D eigenvalue weighted by atomic mass is 10.1. The fourth-order valence-corrected chi connectivity index (χ4v) is 3.41. The van der Waals surface area contributed by atoms with Crippen LogP contribution in [0.25, 0.3) is 22.1 Å².